The van der Waals surface area contributed by atoms with Gasteiger partial charge >= 0.3 is 0 Å². The van der Waals surface area contributed by atoms with Crippen molar-refractivity contribution in [2.24, 2.45) is 5.73 Å². The molecule has 1 aliphatic rings. The summed E-state index contributed by atoms with van der Waals surface area (Å²) >= 11 is 4.97. The number of rotatable bonds is 7. The van der Waals surface area contributed by atoms with E-state index in [1.807, 2.05) is 25.1 Å². The van der Waals surface area contributed by atoms with E-state index in [0.717, 1.165) is 37.2 Å². The minimum Gasteiger partial charge on any atom is -0.490 e. The van der Waals surface area contributed by atoms with Crippen molar-refractivity contribution < 1.29 is 14.2 Å². The molecule has 0 bridgehead atoms. The largest absolute Gasteiger partial charge is 0.490 e. The van der Waals surface area contributed by atoms with Gasteiger partial charge in [-0.05, 0) is 38.0 Å². The molecule has 20 heavy (non-hydrogen) atoms. The quantitative estimate of drug-likeness (QED) is 0.784. The first-order chi connectivity index (χ1) is 9.70. The van der Waals surface area contributed by atoms with Gasteiger partial charge in [-0.25, -0.2) is 0 Å². The second-order valence-corrected chi connectivity index (χ2v) is 5.17. The van der Waals surface area contributed by atoms with E-state index in [9.17, 15) is 0 Å². The predicted molar refractivity (Wildman–Crippen MR) is 82.6 cm³/mol. The van der Waals surface area contributed by atoms with Gasteiger partial charge in [-0.15, -0.1) is 0 Å². The second kappa shape index (κ2) is 7.45. The van der Waals surface area contributed by atoms with E-state index in [1.54, 1.807) is 0 Å². The monoisotopic (exact) mass is 295 g/mol. The second-order valence-electron chi connectivity index (χ2n) is 4.73. The Labute approximate surface area is 125 Å². The summed E-state index contributed by atoms with van der Waals surface area (Å²) in [6.45, 7) is 4.00. The van der Waals surface area contributed by atoms with E-state index >= 15 is 0 Å². The minimum absolute atomic E-state index is 0.335. The SMILES string of the molecule is CCOc1cc(C(N)=S)ccc1OCCC1CCCO1. The molecule has 1 atom stereocenters. The molecule has 2 N–H and O–H groups in total. The van der Waals surface area contributed by atoms with E-state index in [1.165, 1.54) is 0 Å². The number of ether oxygens (including phenoxy) is 3. The van der Waals surface area contributed by atoms with E-state index in [-0.39, 0.29) is 0 Å². The first-order valence-corrected chi connectivity index (χ1v) is 7.42. The zero-order valence-corrected chi connectivity index (χ0v) is 12.6. The molecular weight excluding hydrogens is 274 g/mol. The molecule has 110 valence electrons. The Morgan fingerprint density at radius 3 is 2.90 bits per heavy atom. The van der Waals surface area contributed by atoms with Gasteiger partial charge < -0.3 is 19.9 Å². The van der Waals surface area contributed by atoms with Gasteiger partial charge in [-0.2, -0.15) is 0 Å². The van der Waals surface area contributed by atoms with Gasteiger partial charge in [0.15, 0.2) is 11.5 Å². The molecule has 1 fully saturated rings. The molecule has 5 heteroatoms. The van der Waals surface area contributed by atoms with E-state index < -0.39 is 0 Å². The van der Waals surface area contributed by atoms with Crippen LogP contribution >= 0.6 is 12.2 Å². The minimum atomic E-state index is 0.335. The van der Waals surface area contributed by atoms with Crippen LogP contribution in [0.25, 0.3) is 0 Å². The first-order valence-electron chi connectivity index (χ1n) is 7.01. The number of nitrogens with two attached hydrogens (primary N) is 1. The lowest BCUT2D eigenvalue weighted by Crippen LogP contribution is -2.12. The van der Waals surface area contributed by atoms with Gasteiger partial charge in [0.1, 0.15) is 4.99 Å². The smallest absolute Gasteiger partial charge is 0.161 e. The molecule has 0 spiro atoms. The zero-order chi connectivity index (χ0) is 14.4. The maximum atomic E-state index is 5.80. The van der Waals surface area contributed by atoms with E-state index in [0.29, 0.717) is 30.1 Å². The fraction of sp³-hybridized carbons (Fsp3) is 0.533. The number of hydrogen-bond acceptors (Lipinski definition) is 4. The molecule has 4 nitrogen and oxygen atoms in total. The molecule has 0 aromatic heterocycles. The maximum absolute atomic E-state index is 5.80. The van der Waals surface area contributed by atoms with Crippen LogP contribution in [0.3, 0.4) is 0 Å². The fourth-order valence-corrected chi connectivity index (χ4v) is 2.35. The van der Waals surface area contributed by atoms with Crippen LogP contribution in [0.2, 0.25) is 0 Å². The Morgan fingerprint density at radius 2 is 2.25 bits per heavy atom. The Hall–Kier alpha value is -1.33. The van der Waals surface area contributed by atoms with Crippen LogP contribution < -0.4 is 15.2 Å². The highest BCUT2D eigenvalue weighted by Crippen LogP contribution is 2.29. The Morgan fingerprint density at radius 1 is 1.40 bits per heavy atom. The van der Waals surface area contributed by atoms with Gasteiger partial charge in [0, 0.05) is 18.6 Å². The highest BCUT2D eigenvalue weighted by molar-refractivity contribution is 7.80. The van der Waals surface area contributed by atoms with E-state index in [2.05, 4.69) is 0 Å². The van der Waals surface area contributed by atoms with Gasteiger partial charge in [0.05, 0.1) is 19.3 Å². The normalized spacial score (nSPS) is 17.9. The van der Waals surface area contributed by atoms with Crippen molar-refractivity contribution in [1.29, 1.82) is 0 Å². The molecule has 1 aliphatic heterocycles. The highest BCUT2D eigenvalue weighted by Gasteiger charge is 2.16. The fourth-order valence-electron chi connectivity index (χ4n) is 2.22. The molecule has 0 radical (unpaired) electrons. The number of benzene rings is 1. The van der Waals surface area contributed by atoms with E-state index in [4.69, 9.17) is 32.2 Å². The average Bonchev–Trinajstić information content (AvgIpc) is 2.93. The third-order valence-corrected chi connectivity index (χ3v) is 3.49. The summed E-state index contributed by atoms with van der Waals surface area (Å²) in [7, 11) is 0. The summed E-state index contributed by atoms with van der Waals surface area (Å²) in [5, 5.41) is 0. The van der Waals surface area contributed by atoms with Crippen molar-refractivity contribution in [2.45, 2.75) is 32.3 Å². The summed E-state index contributed by atoms with van der Waals surface area (Å²) in [4.78, 5) is 0.358. The van der Waals surface area contributed by atoms with Crippen LogP contribution in [0.4, 0.5) is 0 Å². The highest BCUT2D eigenvalue weighted by atomic mass is 32.1. The average molecular weight is 295 g/mol. The van der Waals surface area contributed by atoms with Crippen LogP contribution in [0.15, 0.2) is 18.2 Å². The van der Waals surface area contributed by atoms with Crippen LogP contribution in [0, 0.1) is 0 Å². The van der Waals surface area contributed by atoms with Crippen molar-refractivity contribution in [3.63, 3.8) is 0 Å². The standard InChI is InChI=1S/C15H21NO3S/c1-2-17-14-10-11(15(16)20)5-6-13(14)19-9-7-12-4-3-8-18-12/h5-6,10,12H,2-4,7-9H2,1H3,(H2,16,20). The molecule has 1 saturated heterocycles. The Balaban J connectivity index is 1.96. The third kappa shape index (κ3) is 4.08. The lowest BCUT2D eigenvalue weighted by Gasteiger charge is -2.14. The van der Waals surface area contributed by atoms with Crippen LogP contribution in [-0.2, 0) is 4.74 Å². The molecule has 1 aromatic rings. The van der Waals surface area contributed by atoms with Gasteiger partial charge in [0.25, 0.3) is 0 Å². The summed E-state index contributed by atoms with van der Waals surface area (Å²) in [6, 6.07) is 5.54. The maximum Gasteiger partial charge on any atom is 0.161 e. The summed E-state index contributed by atoms with van der Waals surface area (Å²) < 4.78 is 17.0. The van der Waals surface area contributed by atoms with Crippen molar-refractivity contribution in [1.82, 2.24) is 0 Å². The van der Waals surface area contributed by atoms with Crippen LogP contribution in [0.5, 0.6) is 11.5 Å². The predicted octanol–water partition coefficient (Wildman–Crippen LogP) is 2.67. The Kier molecular flexibility index (Phi) is 5.61. The molecule has 0 aliphatic carbocycles. The summed E-state index contributed by atoms with van der Waals surface area (Å²) in [6.07, 6.45) is 3.52. The Bertz CT molecular complexity index is 458. The molecule has 2 rings (SSSR count). The molecule has 1 unspecified atom stereocenters. The molecule has 1 heterocycles. The lowest BCUT2D eigenvalue weighted by molar-refractivity contribution is 0.0897. The van der Waals surface area contributed by atoms with Crippen LogP contribution in [-0.4, -0.2) is 30.9 Å². The first kappa shape index (κ1) is 15.1. The van der Waals surface area contributed by atoms with Crippen LogP contribution in [0.1, 0.15) is 31.7 Å². The molecule has 0 amide bonds. The lowest BCUT2D eigenvalue weighted by atomic mass is 10.2. The van der Waals surface area contributed by atoms with Crippen molar-refractivity contribution in [3.05, 3.63) is 23.8 Å². The molecule has 0 saturated carbocycles. The third-order valence-electron chi connectivity index (χ3n) is 3.25. The van der Waals surface area contributed by atoms with Gasteiger partial charge in [-0.3, -0.25) is 0 Å². The summed E-state index contributed by atoms with van der Waals surface area (Å²) in [5.74, 6) is 1.41. The van der Waals surface area contributed by atoms with Crippen molar-refractivity contribution in [3.8, 4) is 11.5 Å². The van der Waals surface area contributed by atoms with Crippen molar-refractivity contribution in [2.75, 3.05) is 19.8 Å². The molecule has 1 aromatic carbocycles. The van der Waals surface area contributed by atoms with Gasteiger partial charge in [0.2, 0.25) is 0 Å². The topological polar surface area (TPSA) is 53.7 Å². The molecular formula is C15H21NO3S. The number of thiocarbonyl (C=S) groups is 1. The van der Waals surface area contributed by atoms with Crippen molar-refractivity contribution >= 4 is 17.2 Å². The zero-order valence-electron chi connectivity index (χ0n) is 11.8. The number of hydrogen-bond donors (Lipinski definition) is 1. The van der Waals surface area contributed by atoms with Gasteiger partial charge in [-0.1, -0.05) is 12.2 Å². The summed E-state index contributed by atoms with van der Waals surface area (Å²) in [5.41, 5.74) is 6.42.